The molecular formula is C15H24N4OS. The summed E-state index contributed by atoms with van der Waals surface area (Å²) < 4.78 is 5.86. The SMILES string of the molecule is Cc1nnc(N2C[C@@H]3COC[C@]3(CN3CCCCC3)C2)s1. The molecule has 21 heavy (non-hydrogen) atoms. The van der Waals surface area contributed by atoms with E-state index in [1.165, 1.54) is 38.9 Å². The number of piperidine rings is 1. The molecule has 116 valence electrons. The van der Waals surface area contributed by atoms with Gasteiger partial charge in [-0.25, -0.2) is 0 Å². The minimum Gasteiger partial charge on any atom is -0.380 e. The topological polar surface area (TPSA) is 41.5 Å². The van der Waals surface area contributed by atoms with Crippen LogP contribution in [0.1, 0.15) is 24.3 Å². The summed E-state index contributed by atoms with van der Waals surface area (Å²) in [6.07, 6.45) is 4.13. The Morgan fingerprint density at radius 2 is 2.14 bits per heavy atom. The van der Waals surface area contributed by atoms with Crippen molar-refractivity contribution >= 4 is 16.5 Å². The zero-order valence-electron chi connectivity index (χ0n) is 12.8. The molecule has 4 rings (SSSR count). The number of aromatic nitrogens is 2. The van der Waals surface area contributed by atoms with E-state index >= 15 is 0 Å². The molecule has 3 aliphatic rings. The summed E-state index contributed by atoms with van der Waals surface area (Å²) in [5.74, 6) is 0.656. The predicted molar refractivity (Wildman–Crippen MR) is 83.9 cm³/mol. The van der Waals surface area contributed by atoms with Gasteiger partial charge in [-0.05, 0) is 32.9 Å². The van der Waals surface area contributed by atoms with Crippen molar-refractivity contribution in [2.75, 3.05) is 50.8 Å². The molecule has 3 aliphatic heterocycles. The molecule has 0 saturated carbocycles. The summed E-state index contributed by atoms with van der Waals surface area (Å²) >= 11 is 1.72. The van der Waals surface area contributed by atoms with Crippen LogP contribution in [0.3, 0.4) is 0 Å². The molecule has 0 bridgehead atoms. The standard InChI is InChI=1S/C15H24N4OS/c1-12-16-17-14(21-12)19-7-13-8-20-11-15(13,10-19)9-18-5-3-2-4-6-18/h13H,2-11H2,1H3/t13-,15+/m1/s1. The Kier molecular flexibility index (Phi) is 3.63. The normalized spacial score (nSPS) is 33.6. The van der Waals surface area contributed by atoms with Gasteiger partial charge in [-0.1, -0.05) is 17.8 Å². The first kappa shape index (κ1) is 13.9. The second kappa shape index (κ2) is 5.48. The molecule has 0 radical (unpaired) electrons. The Labute approximate surface area is 130 Å². The number of fused-ring (bicyclic) bond motifs is 1. The van der Waals surface area contributed by atoms with Gasteiger partial charge in [0.2, 0.25) is 5.13 Å². The molecule has 0 amide bonds. The summed E-state index contributed by atoms with van der Waals surface area (Å²) in [7, 11) is 0. The highest BCUT2D eigenvalue weighted by molar-refractivity contribution is 7.15. The molecular weight excluding hydrogens is 284 g/mol. The van der Waals surface area contributed by atoms with Crippen molar-refractivity contribution in [2.24, 2.45) is 11.3 Å². The van der Waals surface area contributed by atoms with Crippen LogP contribution in [0.25, 0.3) is 0 Å². The monoisotopic (exact) mass is 308 g/mol. The number of hydrogen-bond donors (Lipinski definition) is 0. The lowest BCUT2D eigenvalue weighted by atomic mass is 9.80. The summed E-state index contributed by atoms with van der Waals surface area (Å²) in [6, 6.07) is 0. The zero-order chi connectivity index (χ0) is 14.3. The van der Waals surface area contributed by atoms with Gasteiger partial charge in [0, 0.05) is 31.0 Å². The average Bonchev–Trinajstić information content (AvgIpc) is 3.13. The molecule has 0 N–H and O–H groups in total. The molecule has 0 spiro atoms. The van der Waals surface area contributed by atoms with Crippen molar-refractivity contribution in [1.82, 2.24) is 15.1 Å². The quantitative estimate of drug-likeness (QED) is 0.851. The highest BCUT2D eigenvalue weighted by Gasteiger charge is 2.52. The molecule has 2 atom stereocenters. The van der Waals surface area contributed by atoms with Gasteiger partial charge in [0.1, 0.15) is 5.01 Å². The van der Waals surface area contributed by atoms with Crippen LogP contribution in [0.2, 0.25) is 0 Å². The van der Waals surface area contributed by atoms with E-state index in [9.17, 15) is 0 Å². The molecule has 1 aromatic heterocycles. The van der Waals surface area contributed by atoms with Crippen molar-refractivity contribution in [2.45, 2.75) is 26.2 Å². The van der Waals surface area contributed by atoms with Gasteiger partial charge < -0.3 is 14.5 Å². The fourth-order valence-corrected chi connectivity index (χ4v) is 4.87. The smallest absolute Gasteiger partial charge is 0.208 e. The third-order valence-corrected chi connectivity index (χ3v) is 6.19. The van der Waals surface area contributed by atoms with Crippen molar-refractivity contribution < 1.29 is 4.74 Å². The first-order valence-electron chi connectivity index (χ1n) is 8.10. The average molecular weight is 308 g/mol. The van der Waals surface area contributed by atoms with E-state index in [-0.39, 0.29) is 0 Å². The minimum atomic E-state index is 0.316. The Hall–Kier alpha value is -0.720. The van der Waals surface area contributed by atoms with Crippen LogP contribution in [0.15, 0.2) is 0 Å². The third kappa shape index (κ3) is 2.58. The number of nitrogens with zero attached hydrogens (tertiary/aromatic N) is 4. The van der Waals surface area contributed by atoms with Crippen molar-refractivity contribution in [1.29, 1.82) is 0 Å². The molecule has 0 aromatic carbocycles. The first-order chi connectivity index (χ1) is 10.3. The molecule has 3 saturated heterocycles. The molecule has 0 unspecified atom stereocenters. The third-order valence-electron chi connectivity index (χ3n) is 5.29. The summed E-state index contributed by atoms with van der Waals surface area (Å²) in [6.45, 7) is 9.78. The second-order valence-corrected chi connectivity index (χ2v) is 8.06. The summed E-state index contributed by atoms with van der Waals surface area (Å²) in [4.78, 5) is 5.11. The number of hydrogen-bond acceptors (Lipinski definition) is 6. The maximum Gasteiger partial charge on any atom is 0.208 e. The molecule has 6 heteroatoms. The molecule has 3 fully saturated rings. The van der Waals surface area contributed by atoms with Gasteiger partial charge in [0.25, 0.3) is 0 Å². The van der Waals surface area contributed by atoms with Crippen LogP contribution in [0, 0.1) is 18.3 Å². The largest absolute Gasteiger partial charge is 0.380 e. The van der Waals surface area contributed by atoms with Crippen LogP contribution in [-0.4, -0.2) is 61.0 Å². The van der Waals surface area contributed by atoms with Gasteiger partial charge >= 0.3 is 0 Å². The second-order valence-electron chi connectivity index (χ2n) is 6.90. The van der Waals surface area contributed by atoms with Crippen LogP contribution in [0.4, 0.5) is 5.13 Å². The highest BCUT2D eigenvalue weighted by atomic mass is 32.1. The lowest BCUT2D eigenvalue weighted by Gasteiger charge is -2.36. The van der Waals surface area contributed by atoms with Gasteiger partial charge in [-0.3, -0.25) is 0 Å². The van der Waals surface area contributed by atoms with E-state index < -0.39 is 0 Å². The highest BCUT2D eigenvalue weighted by Crippen LogP contribution is 2.44. The number of ether oxygens (including phenoxy) is 1. The lowest BCUT2D eigenvalue weighted by Crippen LogP contribution is -2.45. The molecule has 5 nitrogen and oxygen atoms in total. The van der Waals surface area contributed by atoms with Gasteiger partial charge in [-0.2, -0.15) is 0 Å². The maximum absolute atomic E-state index is 5.86. The van der Waals surface area contributed by atoms with E-state index in [4.69, 9.17) is 4.74 Å². The molecule has 1 aromatic rings. The van der Waals surface area contributed by atoms with Crippen LogP contribution >= 0.6 is 11.3 Å². The number of likely N-dealkylation sites (tertiary alicyclic amines) is 1. The van der Waals surface area contributed by atoms with Gasteiger partial charge in [0.05, 0.1) is 13.2 Å². The van der Waals surface area contributed by atoms with E-state index in [2.05, 4.69) is 20.0 Å². The van der Waals surface area contributed by atoms with Crippen LogP contribution < -0.4 is 4.90 Å². The Morgan fingerprint density at radius 1 is 1.29 bits per heavy atom. The zero-order valence-corrected chi connectivity index (χ0v) is 13.6. The van der Waals surface area contributed by atoms with Crippen molar-refractivity contribution in [3.05, 3.63) is 5.01 Å². The summed E-state index contributed by atoms with van der Waals surface area (Å²) in [5.41, 5.74) is 0.316. The van der Waals surface area contributed by atoms with Crippen molar-refractivity contribution in [3.8, 4) is 0 Å². The summed E-state index contributed by atoms with van der Waals surface area (Å²) in [5, 5.41) is 10.7. The Morgan fingerprint density at radius 3 is 2.90 bits per heavy atom. The lowest BCUT2D eigenvalue weighted by molar-refractivity contribution is 0.104. The van der Waals surface area contributed by atoms with Crippen molar-refractivity contribution in [3.63, 3.8) is 0 Å². The number of anilines is 1. The van der Waals surface area contributed by atoms with E-state index in [0.29, 0.717) is 11.3 Å². The van der Waals surface area contributed by atoms with Gasteiger partial charge in [0.15, 0.2) is 0 Å². The van der Waals surface area contributed by atoms with E-state index in [1.807, 2.05) is 6.92 Å². The van der Waals surface area contributed by atoms with Crippen LogP contribution in [0.5, 0.6) is 0 Å². The molecule has 4 heterocycles. The maximum atomic E-state index is 5.86. The predicted octanol–water partition coefficient (Wildman–Crippen LogP) is 1.79. The van der Waals surface area contributed by atoms with E-state index in [0.717, 1.165) is 36.4 Å². The number of aryl methyl sites for hydroxylation is 1. The van der Waals surface area contributed by atoms with Gasteiger partial charge in [-0.15, -0.1) is 10.2 Å². The fraction of sp³-hybridized carbons (Fsp3) is 0.867. The Balaban J connectivity index is 1.50. The van der Waals surface area contributed by atoms with E-state index in [1.54, 1.807) is 11.3 Å². The minimum absolute atomic E-state index is 0.316. The Bertz CT molecular complexity index is 502. The number of rotatable bonds is 3. The fourth-order valence-electron chi connectivity index (χ4n) is 4.18. The molecule has 0 aliphatic carbocycles. The van der Waals surface area contributed by atoms with Crippen LogP contribution in [-0.2, 0) is 4.74 Å². The first-order valence-corrected chi connectivity index (χ1v) is 8.92.